The number of carbonyl (C=O) groups excluding carboxylic acids is 1. The summed E-state index contributed by atoms with van der Waals surface area (Å²) >= 11 is 6.35. The Bertz CT molecular complexity index is 801. The highest BCUT2D eigenvalue weighted by Crippen LogP contribution is 2.48. The summed E-state index contributed by atoms with van der Waals surface area (Å²) in [6.45, 7) is 4.14. The molecular weight excluding hydrogens is 326 g/mol. The smallest absolute Gasteiger partial charge is 0.405 e. The molecule has 24 heavy (non-hydrogen) atoms. The van der Waals surface area contributed by atoms with Gasteiger partial charge in [0.2, 0.25) is 0 Å². The van der Waals surface area contributed by atoms with Gasteiger partial charge < -0.3 is 15.2 Å². The van der Waals surface area contributed by atoms with Gasteiger partial charge in [0.15, 0.2) is 0 Å². The molecule has 2 N–H and O–H groups in total. The predicted octanol–water partition coefficient (Wildman–Crippen LogP) is 4.73. The number of nitrogens with two attached hydrogens (primary N) is 1. The Kier molecular flexibility index (Phi) is 4.18. The largest absolute Gasteiger partial charge is 0.497 e. The van der Waals surface area contributed by atoms with E-state index in [2.05, 4.69) is 19.9 Å². The third kappa shape index (κ3) is 2.94. The molecule has 1 atom stereocenters. The zero-order valence-electron chi connectivity index (χ0n) is 13.9. The topological polar surface area (TPSA) is 61.6 Å². The number of methoxy groups -OCH3 is 1. The van der Waals surface area contributed by atoms with Crippen LogP contribution in [-0.4, -0.2) is 13.2 Å². The lowest BCUT2D eigenvalue weighted by Crippen LogP contribution is -2.25. The van der Waals surface area contributed by atoms with E-state index in [0.29, 0.717) is 5.02 Å². The molecule has 5 heteroatoms. The summed E-state index contributed by atoms with van der Waals surface area (Å²) < 4.78 is 10.6. The maximum atomic E-state index is 11.2. The Morgan fingerprint density at radius 3 is 2.67 bits per heavy atom. The van der Waals surface area contributed by atoms with Crippen LogP contribution in [0.1, 0.15) is 31.1 Å². The van der Waals surface area contributed by atoms with Gasteiger partial charge in [-0.25, -0.2) is 4.79 Å². The van der Waals surface area contributed by atoms with E-state index in [0.717, 1.165) is 34.4 Å². The van der Waals surface area contributed by atoms with Crippen molar-refractivity contribution in [1.29, 1.82) is 0 Å². The second-order valence-electron chi connectivity index (χ2n) is 6.74. The van der Waals surface area contributed by atoms with E-state index in [4.69, 9.17) is 26.8 Å². The number of rotatable bonds is 3. The van der Waals surface area contributed by atoms with Crippen LogP contribution in [-0.2, 0) is 11.2 Å². The SMILES string of the molecule is COc1ccc(Cl)c(-c2ccc3c(c2)CC(C)(C)C3OC(N)=O)c1. The second kappa shape index (κ2) is 6.02. The van der Waals surface area contributed by atoms with Gasteiger partial charge in [-0.2, -0.15) is 0 Å². The lowest BCUT2D eigenvalue weighted by molar-refractivity contribution is 0.0392. The van der Waals surface area contributed by atoms with Crippen LogP contribution in [0.5, 0.6) is 5.75 Å². The Hall–Kier alpha value is -2.20. The molecule has 1 unspecified atom stereocenters. The summed E-state index contributed by atoms with van der Waals surface area (Å²) in [4.78, 5) is 11.2. The molecule has 1 amide bonds. The zero-order valence-corrected chi connectivity index (χ0v) is 14.7. The molecule has 0 aliphatic heterocycles. The van der Waals surface area contributed by atoms with E-state index >= 15 is 0 Å². The molecule has 1 aliphatic carbocycles. The molecule has 0 spiro atoms. The minimum atomic E-state index is -0.749. The summed E-state index contributed by atoms with van der Waals surface area (Å²) in [7, 11) is 1.63. The van der Waals surface area contributed by atoms with Gasteiger partial charge in [0, 0.05) is 16.0 Å². The molecule has 0 bridgehead atoms. The predicted molar refractivity (Wildman–Crippen MR) is 94.3 cm³/mol. The summed E-state index contributed by atoms with van der Waals surface area (Å²) in [5.74, 6) is 0.755. The Morgan fingerprint density at radius 1 is 1.25 bits per heavy atom. The van der Waals surface area contributed by atoms with E-state index in [-0.39, 0.29) is 11.5 Å². The van der Waals surface area contributed by atoms with Crippen molar-refractivity contribution in [3.8, 4) is 16.9 Å². The third-order valence-electron chi connectivity index (χ3n) is 4.50. The molecule has 2 aromatic carbocycles. The van der Waals surface area contributed by atoms with Crippen molar-refractivity contribution in [1.82, 2.24) is 0 Å². The van der Waals surface area contributed by atoms with Crippen LogP contribution in [0.2, 0.25) is 5.02 Å². The highest BCUT2D eigenvalue weighted by atomic mass is 35.5. The number of carbonyl (C=O) groups is 1. The van der Waals surface area contributed by atoms with Crippen LogP contribution >= 0.6 is 11.6 Å². The zero-order chi connectivity index (χ0) is 17.5. The number of halogens is 1. The van der Waals surface area contributed by atoms with Crippen molar-refractivity contribution >= 4 is 17.7 Å². The normalized spacial score (nSPS) is 18.1. The Labute approximate surface area is 146 Å². The lowest BCUT2D eigenvalue weighted by atomic mass is 9.87. The summed E-state index contributed by atoms with van der Waals surface area (Å²) in [6.07, 6.45) is -0.281. The number of amides is 1. The van der Waals surface area contributed by atoms with Crippen molar-refractivity contribution in [3.05, 3.63) is 52.5 Å². The average Bonchev–Trinajstić information content (AvgIpc) is 2.77. The van der Waals surface area contributed by atoms with E-state index in [1.807, 2.05) is 30.3 Å². The molecule has 0 radical (unpaired) electrons. The van der Waals surface area contributed by atoms with Gasteiger partial charge in [0.05, 0.1) is 7.11 Å². The average molecular weight is 346 g/mol. The molecule has 0 aromatic heterocycles. The van der Waals surface area contributed by atoms with Crippen molar-refractivity contribution in [2.75, 3.05) is 7.11 Å². The third-order valence-corrected chi connectivity index (χ3v) is 4.83. The standard InChI is InChI=1S/C19H20ClNO3/c1-19(2)10-12-8-11(4-6-14(12)17(19)24-18(21)22)15-9-13(23-3)5-7-16(15)20/h4-9,17H,10H2,1-3H3,(H2,21,22). The van der Waals surface area contributed by atoms with Gasteiger partial charge in [-0.1, -0.05) is 43.6 Å². The van der Waals surface area contributed by atoms with Gasteiger partial charge in [0.25, 0.3) is 0 Å². The van der Waals surface area contributed by atoms with Crippen LogP contribution in [0.25, 0.3) is 11.1 Å². The highest BCUT2D eigenvalue weighted by Gasteiger charge is 2.41. The van der Waals surface area contributed by atoms with Crippen molar-refractivity contribution in [2.45, 2.75) is 26.4 Å². The highest BCUT2D eigenvalue weighted by molar-refractivity contribution is 6.33. The fourth-order valence-electron chi connectivity index (χ4n) is 3.38. The number of benzene rings is 2. The number of fused-ring (bicyclic) bond motifs is 1. The first-order chi connectivity index (χ1) is 11.3. The number of primary amides is 1. The Morgan fingerprint density at radius 2 is 2.00 bits per heavy atom. The van der Waals surface area contributed by atoms with Crippen LogP contribution in [0, 0.1) is 5.41 Å². The van der Waals surface area contributed by atoms with E-state index in [9.17, 15) is 4.79 Å². The van der Waals surface area contributed by atoms with Crippen molar-refractivity contribution < 1.29 is 14.3 Å². The van der Waals surface area contributed by atoms with Crippen LogP contribution in [0.4, 0.5) is 4.79 Å². The van der Waals surface area contributed by atoms with E-state index < -0.39 is 6.09 Å². The van der Waals surface area contributed by atoms with Gasteiger partial charge in [0.1, 0.15) is 11.9 Å². The minimum Gasteiger partial charge on any atom is -0.497 e. The molecular formula is C19H20ClNO3. The number of hydrogen-bond acceptors (Lipinski definition) is 3. The lowest BCUT2D eigenvalue weighted by Gasteiger charge is -2.26. The first-order valence-electron chi connectivity index (χ1n) is 7.74. The molecule has 0 fully saturated rings. The van der Waals surface area contributed by atoms with Crippen LogP contribution in [0.3, 0.4) is 0 Å². The first-order valence-corrected chi connectivity index (χ1v) is 8.12. The minimum absolute atomic E-state index is 0.200. The Balaban J connectivity index is 2.04. The number of hydrogen-bond donors (Lipinski definition) is 1. The van der Waals surface area contributed by atoms with Crippen molar-refractivity contribution in [2.24, 2.45) is 11.1 Å². The fourth-order valence-corrected chi connectivity index (χ4v) is 3.61. The molecule has 3 rings (SSSR count). The summed E-state index contributed by atoms with van der Waals surface area (Å²) in [6, 6.07) is 11.6. The molecule has 4 nitrogen and oxygen atoms in total. The van der Waals surface area contributed by atoms with Gasteiger partial charge in [-0.05, 0) is 41.3 Å². The van der Waals surface area contributed by atoms with E-state index in [1.165, 1.54) is 0 Å². The molecule has 1 aliphatic rings. The molecule has 0 saturated carbocycles. The molecule has 126 valence electrons. The molecule has 0 heterocycles. The number of ether oxygens (including phenoxy) is 2. The van der Waals surface area contributed by atoms with Gasteiger partial charge >= 0.3 is 6.09 Å². The summed E-state index contributed by atoms with van der Waals surface area (Å²) in [5, 5.41) is 0.665. The second-order valence-corrected chi connectivity index (χ2v) is 7.15. The quantitative estimate of drug-likeness (QED) is 0.874. The van der Waals surface area contributed by atoms with E-state index in [1.54, 1.807) is 7.11 Å². The first kappa shape index (κ1) is 16.7. The van der Waals surface area contributed by atoms with Crippen molar-refractivity contribution in [3.63, 3.8) is 0 Å². The van der Waals surface area contributed by atoms with Crippen LogP contribution in [0.15, 0.2) is 36.4 Å². The molecule has 0 saturated heterocycles. The van der Waals surface area contributed by atoms with Crippen LogP contribution < -0.4 is 10.5 Å². The van der Waals surface area contributed by atoms with Gasteiger partial charge in [-0.15, -0.1) is 0 Å². The maximum Gasteiger partial charge on any atom is 0.405 e. The van der Waals surface area contributed by atoms with Gasteiger partial charge in [-0.3, -0.25) is 0 Å². The summed E-state index contributed by atoms with van der Waals surface area (Å²) in [5.41, 5.74) is 9.09. The maximum absolute atomic E-state index is 11.2. The molecule has 2 aromatic rings. The fraction of sp³-hybridized carbons (Fsp3) is 0.316. The monoisotopic (exact) mass is 345 g/mol.